The fourth-order valence-corrected chi connectivity index (χ4v) is 2.61. The second-order valence-corrected chi connectivity index (χ2v) is 5.33. The van der Waals surface area contributed by atoms with Crippen molar-refractivity contribution in [3.05, 3.63) is 0 Å². The summed E-state index contributed by atoms with van der Waals surface area (Å²) in [6.45, 7) is 6.91. The van der Waals surface area contributed by atoms with Gasteiger partial charge in [-0.3, -0.25) is 0 Å². The van der Waals surface area contributed by atoms with Crippen molar-refractivity contribution in [2.24, 2.45) is 23.5 Å². The highest BCUT2D eigenvalue weighted by molar-refractivity contribution is 4.79. The Balaban J connectivity index is 2.32. The summed E-state index contributed by atoms with van der Waals surface area (Å²) in [4.78, 5) is 0. The van der Waals surface area contributed by atoms with E-state index in [9.17, 15) is 0 Å². The summed E-state index contributed by atoms with van der Waals surface area (Å²) in [7, 11) is 0. The van der Waals surface area contributed by atoms with E-state index in [1.807, 2.05) is 0 Å². The van der Waals surface area contributed by atoms with Crippen LogP contribution < -0.4 is 5.73 Å². The predicted octanol–water partition coefficient (Wildman–Crippen LogP) is 3.19. The quantitative estimate of drug-likeness (QED) is 0.714. The molecule has 2 N–H and O–H groups in total. The average molecular weight is 183 g/mol. The van der Waals surface area contributed by atoms with Crippen LogP contribution in [0.5, 0.6) is 0 Å². The molecule has 1 aliphatic carbocycles. The lowest BCUT2D eigenvalue weighted by atomic mass is 9.77. The van der Waals surface area contributed by atoms with Gasteiger partial charge in [0.2, 0.25) is 0 Å². The van der Waals surface area contributed by atoms with Crippen LogP contribution in [0.3, 0.4) is 0 Å². The van der Waals surface area contributed by atoms with Gasteiger partial charge in [0.15, 0.2) is 0 Å². The lowest BCUT2D eigenvalue weighted by molar-refractivity contribution is 0.230. The van der Waals surface area contributed by atoms with Gasteiger partial charge in [-0.25, -0.2) is 0 Å². The summed E-state index contributed by atoms with van der Waals surface area (Å²) >= 11 is 0. The van der Waals surface area contributed by atoms with E-state index in [2.05, 4.69) is 20.8 Å². The maximum absolute atomic E-state index is 6.21. The Labute approximate surface area is 83.1 Å². The topological polar surface area (TPSA) is 26.0 Å². The molecule has 1 nitrogen and oxygen atoms in total. The fourth-order valence-electron chi connectivity index (χ4n) is 2.61. The normalized spacial score (nSPS) is 32.1. The van der Waals surface area contributed by atoms with E-state index < -0.39 is 0 Å². The highest BCUT2D eigenvalue weighted by Gasteiger charge is 2.24. The van der Waals surface area contributed by atoms with Crippen LogP contribution in [0.25, 0.3) is 0 Å². The molecular formula is C12H25N. The third-order valence-corrected chi connectivity index (χ3v) is 3.33. The first-order valence-electron chi connectivity index (χ1n) is 5.85. The minimum absolute atomic E-state index is 0.461. The minimum Gasteiger partial charge on any atom is -0.327 e. The van der Waals surface area contributed by atoms with E-state index in [4.69, 9.17) is 5.73 Å². The minimum atomic E-state index is 0.461. The molecule has 0 aliphatic heterocycles. The van der Waals surface area contributed by atoms with Crippen LogP contribution in [-0.2, 0) is 0 Å². The van der Waals surface area contributed by atoms with Crippen LogP contribution >= 0.6 is 0 Å². The summed E-state index contributed by atoms with van der Waals surface area (Å²) < 4.78 is 0. The van der Waals surface area contributed by atoms with E-state index in [-0.39, 0.29) is 0 Å². The van der Waals surface area contributed by atoms with Gasteiger partial charge in [0.05, 0.1) is 0 Å². The molecule has 1 fully saturated rings. The van der Waals surface area contributed by atoms with Crippen molar-refractivity contribution in [2.45, 2.75) is 58.9 Å². The van der Waals surface area contributed by atoms with Gasteiger partial charge in [-0.1, -0.05) is 33.6 Å². The zero-order valence-electron chi connectivity index (χ0n) is 9.42. The first kappa shape index (κ1) is 11.0. The van der Waals surface area contributed by atoms with Gasteiger partial charge in [-0.15, -0.1) is 0 Å². The molecule has 78 valence electrons. The molecular weight excluding hydrogens is 158 g/mol. The molecule has 0 amide bonds. The number of nitrogens with two attached hydrogens (primary N) is 1. The molecule has 3 unspecified atom stereocenters. The Kier molecular flexibility index (Phi) is 4.24. The molecule has 0 bridgehead atoms. The molecule has 3 atom stereocenters. The van der Waals surface area contributed by atoms with Crippen LogP contribution in [0.2, 0.25) is 0 Å². The molecule has 0 radical (unpaired) electrons. The van der Waals surface area contributed by atoms with E-state index in [0.29, 0.717) is 6.04 Å². The summed E-state index contributed by atoms with van der Waals surface area (Å²) in [6, 6.07) is 0.461. The third kappa shape index (κ3) is 3.68. The van der Waals surface area contributed by atoms with Crippen LogP contribution in [-0.4, -0.2) is 6.04 Å². The Morgan fingerprint density at radius 2 is 2.00 bits per heavy atom. The Hall–Kier alpha value is -0.0400. The lowest BCUT2D eigenvalue weighted by Crippen LogP contribution is -2.34. The van der Waals surface area contributed by atoms with E-state index in [0.717, 1.165) is 17.8 Å². The van der Waals surface area contributed by atoms with E-state index in [1.165, 1.54) is 32.1 Å². The second kappa shape index (κ2) is 4.99. The molecule has 0 aromatic rings. The summed E-state index contributed by atoms with van der Waals surface area (Å²) in [5, 5.41) is 0. The van der Waals surface area contributed by atoms with Crippen LogP contribution in [0.15, 0.2) is 0 Å². The van der Waals surface area contributed by atoms with Crippen molar-refractivity contribution in [3.8, 4) is 0 Å². The van der Waals surface area contributed by atoms with Gasteiger partial charge in [-0.05, 0) is 37.0 Å². The first-order valence-corrected chi connectivity index (χ1v) is 5.85. The molecule has 1 aliphatic rings. The summed E-state index contributed by atoms with van der Waals surface area (Å²) in [5.74, 6) is 2.48. The molecule has 1 rings (SSSR count). The van der Waals surface area contributed by atoms with Crippen LogP contribution in [0, 0.1) is 17.8 Å². The van der Waals surface area contributed by atoms with Crippen molar-refractivity contribution in [1.82, 2.24) is 0 Å². The Bertz CT molecular complexity index is 142. The Morgan fingerprint density at radius 1 is 1.31 bits per heavy atom. The van der Waals surface area contributed by atoms with Gasteiger partial charge in [-0.2, -0.15) is 0 Å². The Morgan fingerprint density at radius 3 is 2.54 bits per heavy atom. The lowest BCUT2D eigenvalue weighted by Gasteiger charge is -2.32. The van der Waals surface area contributed by atoms with Crippen molar-refractivity contribution < 1.29 is 0 Å². The predicted molar refractivity (Wildman–Crippen MR) is 58.6 cm³/mol. The monoisotopic (exact) mass is 183 g/mol. The van der Waals surface area contributed by atoms with Crippen molar-refractivity contribution in [1.29, 1.82) is 0 Å². The SMILES string of the molecule is CC(C)CC(N)C1CCCC(C)C1. The van der Waals surface area contributed by atoms with Gasteiger partial charge in [0.25, 0.3) is 0 Å². The molecule has 0 aromatic heterocycles. The summed E-state index contributed by atoms with van der Waals surface area (Å²) in [6.07, 6.45) is 6.77. The van der Waals surface area contributed by atoms with Gasteiger partial charge < -0.3 is 5.73 Å². The molecule has 1 heteroatoms. The van der Waals surface area contributed by atoms with Gasteiger partial charge in [0, 0.05) is 6.04 Å². The number of hydrogen-bond acceptors (Lipinski definition) is 1. The molecule has 0 aromatic carbocycles. The molecule has 13 heavy (non-hydrogen) atoms. The molecule has 0 spiro atoms. The highest BCUT2D eigenvalue weighted by Crippen LogP contribution is 2.31. The number of hydrogen-bond donors (Lipinski definition) is 1. The zero-order valence-corrected chi connectivity index (χ0v) is 9.42. The first-order chi connectivity index (χ1) is 6.09. The third-order valence-electron chi connectivity index (χ3n) is 3.33. The maximum Gasteiger partial charge on any atom is 0.00696 e. The zero-order chi connectivity index (χ0) is 9.84. The largest absolute Gasteiger partial charge is 0.327 e. The average Bonchev–Trinajstić information content (AvgIpc) is 2.03. The standard InChI is InChI=1S/C12H25N/c1-9(2)7-12(13)11-6-4-5-10(3)8-11/h9-12H,4-8,13H2,1-3H3. The van der Waals surface area contributed by atoms with Crippen molar-refractivity contribution >= 4 is 0 Å². The summed E-state index contributed by atoms with van der Waals surface area (Å²) in [5.41, 5.74) is 6.21. The molecule has 0 heterocycles. The van der Waals surface area contributed by atoms with E-state index >= 15 is 0 Å². The smallest absolute Gasteiger partial charge is 0.00696 e. The fraction of sp³-hybridized carbons (Fsp3) is 1.00. The van der Waals surface area contributed by atoms with Crippen molar-refractivity contribution in [2.75, 3.05) is 0 Å². The van der Waals surface area contributed by atoms with Crippen LogP contribution in [0.4, 0.5) is 0 Å². The molecule has 1 saturated carbocycles. The highest BCUT2D eigenvalue weighted by atomic mass is 14.7. The van der Waals surface area contributed by atoms with Crippen molar-refractivity contribution in [3.63, 3.8) is 0 Å². The van der Waals surface area contributed by atoms with Crippen LogP contribution in [0.1, 0.15) is 52.9 Å². The van der Waals surface area contributed by atoms with E-state index in [1.54, 1.807) is 0 Å². The van der Waals surface area contributed by atoms with Gasteiger partial charge in [0.1, 0.15) is 0 Å². The number of rotatable bonds is 3. The molecule has 0 saturated heterocycles. The maximum atomic E-state index is 6.21. The van der Waals surface area contributed by atoms with Gasteiger partial charge >= 0.3 is 0 Å². The second-order valence-electron chi connectivity index (χ2n) is 5.33.